The van der Waals surface area contributed by atoms with Gasteiger partial charge >= 0.3 is 0 Å². The number of nitrogens with one attached hydrogen (secondary N) is 4. The summed E-state index contributed by atoms with van der Waals surface area (Å²) >= 11 is 0. The maximum absolute atomic E-state index is 5.49. The fourth-order valence-electron chi connectivity index (χ4n) is 10.5. The molecule has 2 heterocycles. The maximum Gasteiger partial charge on any atom is 0.225 e. The van der Waals surface area contributed by atoms with E-state index in [1.165, 1.54) is 60.1 Å². The molecule has 69 heavy (non-hydrogen) atoms. The summed E-state index contributed by atoms with van der Waals surface area (Å²) < 4.78 is 0. The standard InChI is InChI=1S/C61H56N8/c1-40(2)36-64-60-66-52(34-54(68-60)62-37-46-28-15-25-41-18-9-12-31-49(41)46)58-56(44-21-5-3-6-22-44)59(57(58)45-23-7-4-8-24-45)53-35-55(63-38-47-29-16-26-42-19-10-13-32-50(42)47)69-61(67-53)65-39-48-30-17-27-43-20-11-14-33-51(43)48/h3-35,40,56-59H,36-39H2,1-2H3,(H2,62,64,66,68)(H2,63,65,67,69). The summed E-state index contributed by atoms with van der Waals surface area (Å²) in [5.41, 5.74) is 8.08. The quantitative estimate of drug-likeness (QED) is 0.0761. The zero-order valence-electron chi connectivity index (χ0n) is 39.1. The Morgan fingerprint density at radius 1 is 0.362 bits per heavy atom. The summed E-state index contributed by atoms with van der Waals surface area (Å²) in [6.45, 7) is 6.99. The molecule has 2 aromatic heterocycles. The molecule has 1 aliphatic rings. The molecule has 0 spiro atoms. The normalized spacial score (nSPS) is 16.6. The van der Waals surface area contributed by atoms with E-state index in [0.29, 0.717) is 37.4 Å². The topological polar surface area (TPSA) is 99.7 Å². The molecular formula is C61H56N8. The molecule has 1 fully saturated rings. The Kier molecular flexibility index (Phi) is 12.4. The van der Waals surface area contributed by atoms with Crippen LogP contribution in [-0.2, 0) is 19.6 Å². The van der Waals surface area contributed by atoms with E-state index in [1.807, 2.05) is 0 Å². The lowest BCUT2D eigenvalue weighted by atomic mass is 9.50. The molecule has 0 saturated heterocycles. The van der Waals surface area contributed by atoms with Crippen molar-refractivity contribution in [1.29, 1.82) is 0 Å². The van der Waals surface area contributed by atoms with Crippen LogP contribution in [0.15, 0.2) is 200 Å². The lowest BCUT2D eigenvalue weighted by Gasteiger charge is -2.52. The summed E-state index contributed by atoms with van der Waals surface area (Å²) in [6, 6.07) is 71.4. The van der Waals surface area contributed by atoms with E-state index in [-0.39, 0.29) is 23.7 Å². The summed E-state index contributed by atoms with van der Waals surface area (Å²) in [7, 11) is 0. The molecule has 8 nitrogen and oxygen atoms in total. The maximum atomic E-state index is 5.49. The summed E-state index contributed by atoms with van der Waals surface area (Å²) in [6.07, 6.45) is 0. The zero-order valence-corrected chi connectivity index (χ0v) is 39.1. The molecule has 340 valence electrons. The van der Waals surface area contributed by atoms with E-state index in [0.717, 1.165) is 29.6 Å². The average molecular weight is 901 g/mol. The van der Waals surface area contributed by atoms with Gasteiger partial charge in [0, 0.05) is 62.0 Å². The third-order valence-electron chi connectivity index (χ3n) is 13.8. The van der Waals surface area contributed by atoms with Crippen LogP contribution in [0.25, 0.3) is 32.3 Å². The van der Waals surface area contributed by atoms with Crippen molar-refractivity contribution in [2.24, 2.45) is 5.92 Å². The molecule has 0 aliphatic heterocycles. The Hall–Kier alpha value is -8.10. The number of benzene rings is 8. The van der Waals surface area contributed by atoms with Gasteiger partial charge in [-0.1, -0.05) is 202 Å². The summed E-state index contributed by atoms with van der Waals surface area (Å²) in [5.74, 6) is 3.24. The molecular weight excluding hydrogens is 845 g/mol. The van der Waals surface area contributed by atoms with Crippen molar-refractivity contribution in [3.8, 4) is 0 Å². The molecule has 2 unspecified atom stereocenters. The van der Waals surface area contributed by atoms with Crippen LogP contribution in [0.2, 0.25) is 0 Å². The van der Waals surface area contributed by atoms with Crippen molar-refractivity contribution in [1.82, 2.24) is 19.9 Å². The Bertz CT molecular complexity index is 3210. The van der Waals surface area contributed by atoms with Gasteiger partial charge in [0.25, 0.3) is 0 Å². The molecule has 1 aliphatic carbocycles. The predicted octanol–water partition coefficient (Wildman–Crippen LogP) is 14.1. The van der Waals surface area contributed by atoms with Crippen LogP contribution in [0.5, 0.6) is 0 Å². The highest BCUT2D eigenvalue weighted by Crippen LogP contribution is 2.66. The fraction of sp³-hybridized carbons (Fsp3) is 0.180. The van der Waals surface area contributed by atoms with Gasteiger partial charge in [-0.05, 0) is 66.1 Å². The highest BCUT2D eigenvalue weighted by atomic mass is 15.2. The van der Waals surface area contributed by atoms with Crippen LogP contribution in [0.4, 0.5) is 23.5 Å². The lowest BCUT2D eigenvalue weighted by Crippen LogP contribution is -2.41. The van der Waals surface area contributed by atoms with Crippen LogP contribution in [0.1, 0.15) is 76.7 Å². The second kappa shape index (κ2) is 19.6. The number of fused-ring (bicyclic) bond motifs is 3. The van der Waals surface area contributed by atoms with Gasteiger partial charge in [0.15, 0.2) is 0 Å². The Morgan fingerprint density at radius 3 is 1.14 bits per heavy atom. The summed E-state index contributed by atoms with van der Waals surface area (Å²) in [5, 5.41) is 22.1. The molecule has 2 atom stereocenters. The monoisotopic (exact) mass is 900 g/mol. The highest BCUT2D eigenvalue weighted by molar-refractivity contribution is 5.87. The smallest absolute Gasteiger partial charge is 0.225 e. The number of anilines is 4. The van der Waals surface area contributed by atoms with Crippen molar-refractivity contribution in [2.75, 3.05) is 27.8 Å². The molecule has 10 aromatic rings. The second-order valence-electron chi connectivity index (χ2n) is 18.7. The number of nitrogens with zero attached hydrogens (tertiary/aromatic N) is 4. The van der Waals surface area contributed by atoms with E-state index >= 15 is 0 Å². The average Bonchev–Trinajstić information content (AvgIpc) is 3.39. The van der Waals surface area contributed by atoms with Crippen LogP contribution in [-0.4, -0.2) is 26.5 Å². The minimum atomic E-state index is -0.0202. The van der Waals surface area contributed by atoms with Crippen LogP contribution in [0.3, 0.4) is 0 Å². The SMILES string of the molecule is CC(C)CNc1nc(NCc2cccc3ccccc23)cc(C2C(c3ccccc3)C(c3cc(NCc4cccc5ccccc45)nc(NCc4cccc5ccccc45)n3)C2c2ccccc2)n1. The van der Waals surface area contributed by atoms with E-state index in [9.17, 15) is 0 Å². The molecule has 8 aromatic carbocycles. The summed E-state index contributed by atoms with van der Waals surface area (Å²) in [4.78, 5) is 21.2. The van der Waals surface area contributed by atoms with Crippen LogP contribution < -0.4 is 21.3 Å². The number of rotatable bonds is 16. The first-order chi connectivity index (χ1) is 34.0. The third-order valence-corrected chi connectivity index (χ3v) is 13.8. The number of aromatic nitrogens is 4. The third kappa shape index (κ3) is 9.31. The molecule has 11 rings (SSSR count). The van der Waals surface area contributed by atoms with E-state index in [1.54, 1.807) is 0 Å². The highest BCUT2D eigenvalue weighted by Gasteiger charge is 2.54. The first-order valence-electron chi connectivity index (χ1n) is 24.3. The molecule has 1 saturated carbocycles. The van der Waals surface area contributed by atoms with E-state index < -0.39 is 0 Å². The van der Waals surface area contributed by atoms with Gasteiger partial charge in [-0.25, -0.2) is 9.97 Å². The van der Waals surface area contributed by atoms with Gasteiger partial charge in [-0.15, -0.1) is 0 Å². The van der Waals surface area contributed by atoms with Gasteiger partial charge in [-0.2, -0.15) is 9.97 Å². The molecule has 0 radical (unpaired) electrons. The Balaban J connectivity index is 1.01. The van der Waals surface area contributed by atoms with Crippen molar-refractivity contribution in [3.05, 3.63) is 239 Å². The zero-order chi connectivity index (χ0) is 46.5. The Labute approximate surface area is 404 Å². The first kappa shape index (κ1) is 43.5. The minimum absolute atomic E-state index is 0.00495. The largest absolute Gasteiger partial charge is 0.366 e. The van der Waals surface area contributed by atoms with Crippen molar-refractivity contribution < 1.29 is 0 Å². The van der Waals surface area contributed by atoms with Gasteiger partial charge in [0.05, 0.1) is 11.4 Å². The lowest BCUT2D eigenvalue weighted by molar-refractivity contribution is 0.220. The van der Waals surface area contributed by atoms with Gasteiger partial charge < -0.3 is 21.3 Å². The van der Waals surface area contributed by atoms with E-state index in [4.69, 9.17) is 19.9 Å². The number of hydrogen-bond acceptors (Lipinski definition) is 8. The molecule has 4 N–H and O–H groups in total. The molecule has 8 heteroatoms. The number of hydrogen-bond donors (Lipinski definition) is 4. The second-order valence-corrected chi connectivity index (χ2v) is 18.7. The predicted molar refractivity (Wildman–Crippen MR) is 285 cm³/mol. The first-order valence-corrected chi connectivity index (χ1v) is 24.3. The van der Waals surface area contributed by atoms with E-state index in [2.05, 4.69) is 235 Å². The van der Waals surface area contributed by atoms with Crippen molar-refractivity contribution in [3.63, 3.8) is 0 Å². The van der Waals surface area contributed by atoms with Crippen LogP contribution >= 0.6 is 0 Å². The van der Waals surface area contributed by atoms with Gasteiger partial charge in [-0.3, -0.25) is 0 Å². The van der Waals surface area contributed by atoms with Crippen molar-refractivity contribution >= 4 is 55.8 Å². The molecule has 0 bridgehead atoms. The molecule has 0 amide bonds. The minimum Gasteiger partial charge on any atom is -0.366 e. The van der Waals surface area contributed by atoms with Crippen LogP contribution in [0, 0.1) is 5.92 Å². The van der Waals surface area contributed by atoms with Gasteiger partial charge in [0.2, 0.25) is 11.9 Å². The van der Waals surface area contributed by atoms with Gasteiger partial charge in [0.1, 0.15) is 11.6 Å². The Morgan fingerprint density at radius 2 is 0.725 bits per heavy atom. The van der Waals surface area contributed by atoms with Crippen molar-refractivity contribution in [2.45, 2.75) is 57.2 Å². The fourth-order valence-corrected chi connectivity index (χ4v) is 10.5.